The molecule has 1 aliphatic heterocycles. The molecule has 0 bridgehead atoms. The fourth-order valence-electron chi connectivity index (χ4n) is 1.97. The lowest BCUT2D eigenvalue weighted by Gasteiger charge is -2.14. The molecule has 0 saturated carbocycles. The van der Waals surface area contributed by atoms with Crippen molar-refractivity contribution in [3.05, 3.63) is 36.0 Å². The highest BCUT2D eigenvalue weighted by Crippen LogP contribution is 2.32. The number of ketones is 1. The molecule has 0 N–H and O–H groups in total. The number of amides is 1. The van der Waals surface area contributed by atoms with Crippen LogP contribution in [0.1, 0.15) is 16.2 Å². The first-order valence-electron chi connectivity index (χ1n) is 5.50. The molecule has 1 aromatic carbocycles. The number of Topliss-reactive ketones (excluding diaryl/α,β-unsaturated/α-hetero) is 1. The number of aromatic nitrogens is 2. The molecule has 96 valence electrons. The van der Waals surface area contributed by atoms with E-state index in [0.717, 1.165) is 0 Å². The van der Waals surface area contributed by atoms with Crippen molar-refractivity contribution in [1.29, 1.82) is 0 Å². The standard InChI is InChI=1S/C12H9N3O4/c1-18-7-2-3-9-8(4-7)11(16)12(17)15(9)5-10-13-6-19-14-10/h2-4,6H,5H2,1H3. The predicted octanol–water partition coefficient (Wildman–Crippen LogP) is 0.808. The van der Waals surface area contributed by atoms with Crippen molar-refractivity contribution in [1.82, 2.24) is 10.1 Å². The first-order valence-corrected chi connectivity index (χ1v) is 5.50. The van der Waals surface area contributed by atoms with Crippen molar-refractivity contribution in [2.75, 3.05) is 12.0 Å². The lowest BCUT2D eigenvalue weighted by Crippen LogP contribution is -2.29. The van der Waals surface area contributed by atoms with E-state index in [-0.39, 0.29) is 6.54 Å². The first kappa shape index (κ1) is 11.4. The van der Waals surface area contributed by atoms with Crippen molar-refractivity contribution in [3.63, 3.8) is 0 Å². The van der Waals surface area contributed by atoms with E-state index in [1.807, 2.05) is 0 Å². The van der Waals surface area contributed by atoms with Crippen LogP contribution in [0, 0.1) is 0 Å². The number of ether oxygens (including phenoxy) is 1. The lowest BCUT2D eigenvalue weighted by atomic mass is 10.1. The van der Waals surface area contributed by atoms with Crippen LogP contribution in [-0.4, -0.2) is 28.9 Å². The molecule has 0 atom stereocenters. The summed E-state index contributed by atoms with van der Waals surface area (Å²) < 4.78 is 9.65. The molecule has 1 aromatic heterocycles. The highest BCUT2D eigenvalue weighted by molar-refractivity contribution is 6.52. The van der Waals surface area contributed by atoms with Crippen molar-refractivity contribution in [3.8, 4) is 5.75 Å². The summed E-state index contributed by atoms with van der Waals surface area (Å²) in [4.78, 5) is 29.0. The molecule has 1 amide bonds. The van der Waals surface area contributed by atoms with Crippen molar-refractivity contribution >= 4 is 17.4 Å². The number of rotatable bonds is 3. The summed E-state index contributed by atoms with van der Waals surface area (Å²) in [5, 5.41) is 3.63. The second-order valence-corrected chi connectivity index (χ2v) is 3.95. The zero-order valence-electron chi connectivity index (χ0n) is 9.99. The van der Waals surface area contributed by atoms with Crippen LogP contribution < -0.4 is 9.64 Å². The number of hydrogen-bond acceptors (Lipinski definition) is 6. The first-order chi connectivity index (χ1) is 9.20. The van der Waals surface area contributed by atoms with E-state index in [9.17, 15) is 9.59 Å². The van der Waals surface area contributed by atoms with Gasteiger partial charge in [-0.25, -0.2) is 0 Å². The molecule has 7 heteroatoms. The Kier molecular flexibility index (Phi) is 2.52. The number of anilines is 1. The molecule has 2 aromatic rings. The molecule has 0 spiro atoms. The molecule has 0 radical (unpaired) electrons. The van der Waals surface area contributed by atoms with E-state index in [1.165, 1.54) is 18.4 Å². The third-order valence-corrected chi connectivity index (χ3v) is 2.89. The Labute approximate surface area is 107 Å². The highest BCUT2D eigenvalue weighted by Gasteiger charge is 2.36. The SMILES string of the molecule is COc1ccc2c(c1)C(=O)C(=O)N2Cc1ncon1. The molecule has 1 aliphatic rings. The third kappa shape index (κ3) is 1.75. The number of hydrogen-bond donors (Lipinski definition) is 0. The Morgan fingerprint density at radius 3 is 2.89 bits per heavy atom. The zero-order chi connectivity index (χ0) is 13.4. The van der Waals surface area contributed by atoms with Gasteiger partial charge in [-0.3, -0.25) is 14.5 Å². The third-order valence-electron chi connectivity index (χ3n) is 2.89. The van der Waals surface area contributed by atoms with Crippen LogP contribution in [0.25, 0.3) is 0 Å². The maximum Gasteiger partial charge on any atom is 0.299 e. The molecular formula is C12H9N3O4. The minimum atomic E-state index is -0.604. The highest BCUT2D eigenvalue weighted by atomic mass is 16.5. The zero-order valence-corrected chi connectivity index (χ0v) is 9.99. The van der Waals surface area contributed by atoms with Crippen LogP contribution in [0.3, 0.4) is 0 Å². The molecule has 0 saturated heterocycles. The van der Waals surface area contributed by atoms with E-state index in [4.69, 9.17) is 4.74 Å². The number of fused-ring (bicyclic) bond motifs is 1. The summed E-state index contributed by atoms with van der Waals surface area (Å²) in [5.74, 6) is -0.295. The van der Waals surface area contributed by atoms with Crippen molar-refractivity contribution in [2.24, 2.45) is 0 Å². The lowest BCUT2D eigenvalue weighted by molar-refractivity contribution is -0.114. The van der Waals surface area contributed by atoms with Gasteiger partial charge < -0.3 is 9.26 Å². The van der Waals surface area contributed by atoms with Crippen LogP contribution in [0.15, 0.2) is 29.1 Å². The van der Waals surface area contributed by atoms with Gasteiger partial charge in [0.2, 0.25) is 6.39 Å². The average Bonchev–Trinajstić information content (AvgIpc) is 3.02. The molecule has 0 fully saturated rings. The van der Waals surface area contributed by atoms with Crippen molar-refractivity contribution in [2.45, 2.75) is 6.54 Å². The van der Waals surface area contributed by atoms with E-state index in [0.29, 0.717) is 22.8 Å². The number of methoxy groups -OCH3 is 1. The van der Waals surface area contributed by atoms with Gasteiger partial charge in [0.1, 0.15) is 5.75 Å². The average molecular weight is 259 g/mol. The van der Waals surface area contributed by atoms with Gasteiger partial charge in [-0.1, -0.05) is 5.16 Å². The normalized spacial score (nSPS) is 13.8. The van der Waals surface area contributed by atoms with Crippen molar-refractivity contribution < 1.29 is 18.8 Å². The predicted molar refractivity (Wildman–Crippen MR) is 62.8 cm³/mol. The van der Waals surface area contributed by atoms with Gasteiger partial charge in [0.25, 0.3) is 11.7 Å². The molecule has 3 rings (SSSR count). The van der Waals surface area contributed by atoms with E-state index >= 15 is 0 Å². The number of carbonyl (C=O) groups excluding carboxylic acids is 2. The van der Waals surface area contributed by atoms with Gasteiger partial charge in [-0.2, -0.15) is 4.98 Å². The second kappa shape index (κ2) is 4.20. The molecule has 7 nitrogen and oxygen atoms in total. The minimum Gasteiger partial charge on any atom is -0.497 e. The fraction of sp³-hybridized carbons (Fsp3) is 0.167. The van der Waals surface area contributed by atoms with Crippen LogP contribution >= 0.6 is 0 Å². The minimum absolute atomic E-state index is 0.0976. The van der Waals surface area contributed by atoms with Crippen LogP contribution in [0.2, 0.25) is 0 Å². The van der Waals surface area contributed by atoms with Gasteiger partial charge in [-0.05, 0) is 18.2 Å². The maximum atomic E-state index is 11.9. The quantitative estimate of drug-likeness (QED) is 0.758. The molecular weight excluding hydrogens is 250 g/mol. The summed E-state index contributed by atoms with van der Waals surface area (Å²) >= 11 is 0. The van der Waals surface area contributed by atoms with Crippen LogP contribution in [0.4, 0.5) is 5.69 Å². The van der Waals surface area contributed by atoms with Gasteiger partial charge in [0.15, 0.2) is 5.82 Å². The van der Waals surface area contributed by atoms with E-state index < -0.39 is 11.7 Å². The monoisotopic (exact) mass is 259 g/mol. The van der Waals surface area contributed by atoms with Crippen LogP contribution in [-0.2, 0) is 11.3 Å². The second-order valence-electron chi connectivity index (χ2n) is 3.95. The Morgan fingerprint density at radius 1 is 1.37 bits per heavy atom. The van der Waals surface area contributed by atoms with E-state index in [1.54, 1.807) is 18.2 Å². The Balaban J connectivity index is 2.00. The summed E-state index contributed by atoms with van der Waals surface area (Å²) in [6, 6.07) is 4.90. The topological polar surface area (TPSA) is 85.5 Å². The molecule has 2 heterocycles. The Morgan fingerprint density at radius 2 is 2.21 bits per heavy atom. The smallest absolute Gasteiger partial charge is 0.299 e. The summed E-state index contributed by atoms with van der Waals surface area (Å²) in [6.07, 6.45) is 1.17. The number of benzene rings is 1. The molecule has 0 unspecified atom stereocenters. The van der Waals surface area contributed by atoms with E-state index in [2.05, 4.69) is 14.7 Å². The van der Waals surface area contributed by atoms with Crippen LogP contribution in [0.5, 0.6) is 5.75 Å². The summed E-state index contributed by atoms with van der Waals surface area (Å²) in [6.45, 7) is 0.0976. The molecule has 19 heavy (non-hydrogen) atoms. The van der Waals surface area contributed by atoms with Gasteiger partial charge in [-0.15, -0.1) is 0 Å². The number of nitrogens with zero attached hydrogens (tertiary/aromatic N) is 3. The van der Waals surface area contributed by atoms with Gasteiger partial charge >= 0.3 is 0 Å². The Hall–Kier alpha value is -2.70. The van der Waals surface area contributed by atoms with Gasteiger partial charge in [0.05, 0.1) is 24.9 Å². The maximum absolute atomic E-state index is 11.9. The Bertz CT molecular complexity index is 651. The largest absolute Gasteiger partial charge is 0.497 e. The summed E-state index contributed by atoms with van der Waals surface area (Å²) in [5.41, 5.74) is 0.855. The number of carbonyl (C=O) groups is 2. The molecule has 0 aliphatic carbocycles. The fourth-order valence-corrected chi connectivity index (χ4v) is 1.97. The van der Waals surface area contributed by atoms with Gasteiger partial charge in [0, 0.05) is 0 Å². The summed E-state index contributed by atoms with van der Waals surface area (Å²) in [7, 11) is 1.50.